The van der Waals surface area contributed by atoms with Crippen molar-refractivity contribution in [3.8, 4) is 0 Å². The van der Waals surface area contributed by atoms with Crippen LogP contribution in [0.2, 0.25) is 10.0 Å². The van der Waals surface area contributed by atoms with E-state index in [2.05, 4.69) is 5.32 Å². The fourth-order valence-corrected chi connectivity index (χ4v) is 2.93. The van der Waals surface area contributed by atoms with E-state index in [1.165, 1.54) is 22.9 Å². The summed E-state index contributed by atoms with van der Waals surface area (Å²) in [6, 6.07) is 15.5. The molecule has 2 aromatic carbocycles. The number of carbonyl (C=O) groups is 1. The van der Waals surface area contributed by atoms with Gasteiger partial charge >= 0.3 is 0 Å². The Balaban J connectivity index is 1.83. The monoisotopic (exact) mass is 386 g/mol. The summed E-state index contributed by atoms with van der Waals surface area (Å²) in [5.41, 5.74) is 2.71. The highest BCUT2D eigenvalue weighted by molar-refractivity contribution is 6.35. The Morgan fingerprint density at radius 1 is 1.04 bits per heavy atom. The van der Waals surface area contributed by atoms with Crippen LogP contribution in [-0.4, -0.2) is 10.5 Å². The summed E-state index contributed by atoms with van der Waals surface area (Å²) in [5.74, 6) is -0.287. The zero-order valence-corrected chi connectivity index (χ0v) is 15.5. The number of amides is 1. The van der Waals surface area contributed by atoms with Gasteiger partial charge in [0.15, 0.2) is 0 Å². The van der Waals surface area contributed by atoms with E-state index in [1.54, 1.807) is 18.2 Å². The molecule has 0 bridgehead atoms. The molecular formula is C20H16Cl2N2O2. The Hall–Kier alpha value is -2.56. The number of anilines is 1. The number of hydrogen-bond donors (Lipinski definition) is 1. The van der Waals surface area contributed by atoms with Crippen LogP contribution in [0.15, 0.2) is 65.6 Å². The van der Waals surface area contributed by atoms with Crippen LogP contribution in [0.1, 0.15) is 21.5 Å². The molecule has 0 aliphatic rings. The van der Waals surface area contributed by atoms with Crippen molar-refractivity contribution >= 4 is 34.8 Å². The van der Waals surface area contributed by atoms with E-state index in [4.69, 9.17) is 23.2 Å². The zero-order chi connectivity index (χ0) is 18.7. The summed E-state index contributed by atoms with van der Waals surface area (Å²) in [7, 11) is 0. The molecule has 0 saturated heterocycles. The number of nitrogens with zero attached hydrogens (tertiary/aromatic N) is 1. The Bertz CT molecular complexity index is 1010. The maximum absolute atomic E-state index is 12.5. The first-order chi connectivity index (χ1) is 12.4. The van der Waals surface area contributed by atoms with Crippen LogP contribution in [0.5, 0.6) is 0 Å². The van der Waals surface area contributed by atoms with E-state index in [0.29, 0.717) is 21.3 Å². The van der Waals surface area contributed by atoms with Gasteiger partial charge in [0.1, 0.15) is 0 Å². The summed E-state index contributed by atoms with van der Waals surface area (Å²) in [6.07, 6.45) is 1.52. The van der Waals surface area contributed by atoms with Crippen LogP contribution >= 0.6 is 23.2 Å². The lowest BCUT2D eigenvalue weighted by Gasteiger charge is -2.10. The van der Waals surface area contributed by atoms with Crippen LogP contribution < -0.4 is 10.9 Å². The molecule has 0 aliphatic heterocycles. The molecular weight excluding hydrogens is 371 g/mol. The fraction of sp³-hybridized carbons (Fsp3) is 0.100. The maximum Gasteiger partial charge on any atom is 0.257 e. The Morgan fingerprint density at radius 3 is 2.46 bits per heavy atom. The number of nitrogens with one attached hydrogen (secondary N) is 1. The minimum atomic E-state index is -0.287. The molecule has 132 valence electrons. The van der Waals surface area contributed by atoms with Gasteiger partial charge < -0.3 is 9.88 Å². The second kappa shape index (κ2) is 7.77. The predicted octanol–water partition coefficient (Wildman–Crippen LogP) is 4.76. The second-order valence-corrected chi connectivity index (χ2v) is 6.78. The largest absolute Gasteiger partial charge is 0.322 e. The van der Waals surface area contributed by atoms with Crippen molar-refractivity contribution < 1.29 is 4.79 Å². The fourth-order valence-electron chi connectivity index (χ4n) is 2.46. The second-order valence-electron chi connectivity index (χ2n) is 5.94. The highest BCUT2D eigenvalue weighted by Gasteiger charge is 2.10. The van der Waals surface area contributed by atoms with E-state index in [-0.39, 0.29) is 18.0 Å². The predicted molar refractivity (Wildman–Crippen MR) is 105 cm³/mol. The minimum Gasteiger partial charge on any atom is -0.322 e. The van der Waals surface area contributed by atoms with Gasteiger partial charge in [-0.25, -0.2) is 0 Å². The molecule has 1 amide bonds. The quantitative estimate of drug-likeness (QED) is 0.702. The molecule has 6 heteroatoms. The Morgan fingerprint density at radius 2 is 1.77 bits per heavy atom. The molecule has 26 heavy (non-hydrogen) atoms. The molecule has 1 N–H and O–H groups in total. The van der Waals surface area contributed by atoms with Crippen LogP contribution in [0, 0.1) is 6.92 Å². The van der Waals surface area contributed by atoms with Crippen molar-refractivity contribution in [2.75, 3.05) is 5.32 Å². The SMILES string of the molecule is Cc1ccc(NC(=O)c2ccc(=O)n(Cc3ccc(Cl)cc3Cl)c2)cc1. The molecule has 0 fully saturated rings. The smallest absolute Gasteiger partial charge is 0.257 e. The summed E-state index contributed by atoms with van der Waals surface area (Å²) in [4.78, 5) is 24.6. The van der Waals surface area contributed by atoms with Crippen LogP contribution in [0.4, 0.5) is 5.69 Å². The number of aromatic nitrogens is 1. The Kier molecular flexibility index (Phi) is 5.45. The summed E-state index contributed by atoms with van der Waals surface area (Å²) in [6.45, 7) is 2.23. The van der Waals surface area contributed by atoms with Crippen molar-refractivity contribution in [1.29, 1.82) is 0 Å². The molecule has 4 nitrogen and oxygen atoms in total. The first kappa shape index (κ1) is 18.2. The Labute approximate surface area is 161 Å². The van der Waals surface area contributed by atoms with Gasteiger partial charge in [0.2, 0.25) is 0 Å². The molecule has 1 heterocycles. The van der Waals surface area contributed by atoms with Crippen molar-refractivity contribution in [2.24, 2.45) is 0 Å². The standard InChI is InChI=1S/C20H16Cl2N2O2/c1-13-2-7-17(8-3-13)23-20(26)15-5-9-19(25)24(12-15)11-14-4-6-16(21)10-18(14)22/h2-10,12H,11H2,1H3,(H,23,26). The van der Waals surface area contributed by atoms with Gasteiger partial charge in [-0.15, -0.1) is 0 Å². The molecule has 0 atom stereocenters. The number of benzene rings is 2. The van der Waals surface area contributed by atoms with Gasteiger partial charge in [-0.05, 0) is 42.8 Å². The first-order valence-corrected chi connectivity index (χ1v) is 8.70. The normalized spacial score (nSPS) is 10.6. The lowest BCUT2D eigenvalue weighted by molar-refractivity contribution is 0.102. The van der Waals surface area contributed by atoms with Crippen molar-refractivity contribution in [1.82, 2.24) is 4.57 Å². The van der Waals surface area contributed by atoms with Gasteiger partial charge in [0.05, 0.1) is 12.1 Å². The lowest BCUT2D eigenvalue weighted by Crippen LogP contribution is -2.22. The third-order valence-corrected chi connectivity index (χ3v) is 4.50. The lowest BCUT2D eigenvalue weighted by atomic mass is 10.2. The van der Waals surface area contributed by atoms with Gasteiger partial charge in [0.25, 0.3) is 11.5 Å². The number of pyridine rings is 1. The van der Waals surface area contributed by atoms with E-state index in [0.717, 1.165) is 11.1 Å². The molecule has 0 aliphatic carbocycles. The number of rotatable bonds is 4. The summed E-state index contributed by atoms with van der Waals surface area (Å²) in [5, 5.41) is 3.81. The molecule has 0 unspecified atom stereocenters. The molecule has 3 rings (SSSR count). The van der Waals surface area contributed by atoms with E-state index < -0.39 is 0 Å². The van der Waals surface area contributed by atoms with Gasteiger partial charge in [-0.3, -0.25) is 9.59 Å². The van der Waals surface area contributed by atoms with Crippen molar-refractivity contribution in [3.05, 3.63) is 97.9 Å². The van der Waals surface area contributed by atoms with Gasteiger partial charge in [-0.2, -0.15) is 0 Å². The average molecular weight is 387 g/mol. The van der Waals surface area contributed by atoms with Crippen molar-refractivity contribution in [2.45, 2.75) is 13.5 Å². The highest BCUT2D eigenvalue weighted by atomic mass is 35.5. The number of hydrogen-bond acceptors (Lipinski definition) is 2. The molecule has 3 aromatic rings. The topological polar surface area (TPSA) is 51.1 Å². The summed E-state index contributed by atoms with van der Waals surface area (Å²) < 4.78 is 1.44. The third kappa shape index (κ3) is 4.34. The van der Waals surface area contributed by atoms with Crippen molar-refractivity contribution in [3.63, 3.8) is 0 Å². The minimum absolute atomic E-state index is 0.220. The molecule has 0 spiro atoms. The number of aryl methyl sites for hydroxylation is 1. The van der Waals surface area contributed by atoms with E-state index in [9.17, 15) is 9.59 Å². The van der Waals surface area contributed by atoms with Gasteiger partial charge in [0, 0.05) is 28.0 Å². The summed E-state index contributed by atoms with van der Waals surface area (Å²) >= 11 is 12.1. The first-order valence-electron chi connectivity index (χ1n) is 7.95. The van der Waals surface area contributed by atoms with Crippen LogP contribution in [0.25, 0.3) is 0 Å². The van der Waals surface area contributed by atoms with Crippen LogP contribution in [0.3, 0.4) is 0 Å². The van der Waals surface area contributed by atoms with Crippen LogP contribution in [-0.2, 0) is 6.54 Å². The molecule has 0 saturated carbocycles. The molecule has 1 aromatic heterocycles. The number of carbonyl (C=O) groups excluding carboxylic acids is 1. The van der Waals surface area contributed by atoms with Gasteiger partial charge in [-0.1, -0.05) is 47.0 Å². The van der Waals surface area contributed by atoms with E-state index in [1.807, 2.05) is 31.2 Å². The number of halogens is 2. The third-order valence-electron chi connectivity index (χ3n) is 3.91. The maximum atomic E-state index is 12.5. The van der Waals surface area contributed by atoms with E-state index >= 15 is 0 Å². The molecule has 0 radical (unpaired) electrons. The zero-order valence-electron chi connectivity index (χ0n) is 14.0. The highest BCUT2D eigenvalue weighted by Crippen LogP contribution is 2.21. The average Bonchev–Trinajstić information content (AvgIpc) is 2.61.